The van der Waals surface area contributed by atoms with Crippen molar-refractivity contribution < 1.29 is 14.3 Å². The molecule has 2 atom stereocenters. The largest absolute Gasteiger partial charge is 0.462 e. The lowest BCUT2D eigenvalue weighted by Crippen LogP contribution is -2.29. The SMILES string of the molecule is CCOC(=O)c1cccc(NC(=O)C2CCCC2CN)c1. The normalized spacial score (nSPS) is 21.0. The number of hydrogen-bond donors (Lipinski definition) is 2. The van der Waals surface area contributed by atoms with E-state index in [1.54, 1.807) is 31.2 Å². The van der Waals surface area contributed by atoms with Crippen molar-refractivity contribution in [3.05, 3.63) is 29.8 Å². The Morgan fingerprint density at radius 3 is 2.90 bits per heavy atom. The maximum absolute atomic E-state index is 12.3. The third-order valence-corrected chi connectivity index (χ3v) is 3.94. The minimum atomic E-state index is -0.380. The number of carbonyl (C=O) groups excluding carboxylic acids is 2. The lowest BCUT2D eigenvalue weighted by molar-refractivity contribution is -0.120. The van der Waals surface area contributed by atoms with Crippen molar-refractivity contribution >= 4 is 17.6 Å². The molecule has 114 valence electrons. The van der Waals surface area contributed by atoms with Crippen LogP contribution in [0.2, 0.25) is 0 Å². The zero-order valence-electron chi connectivity index (χ0n) is 12.3. The van der Waals surface area contributed by atoms with Gasteiger partial charge in [-0.2, -0.15) is 0 Å². The highest BCUT2D eigenvalue weighted by molar-refractivity contribution is 5.95. The summed E-state index contributed by atoms with van der Waals surface area (Å²) in [6.45, 7) is 2.63. The van der Waals surface area contributed by atoms with Crippen molar-refractivity contribution in [2.24, 2.45) is 17.6 Å². The fourth-order valence-corrected chi connectivity index (χ4v) is 2.84. The van der Waals surface area contributed by atoms with Crippen LogP contribution in [0, 0.1) is 11.8 Å². The third kappa shape index (κ3) is 3.82. The molecular weight excluding hydrogens is 268 g/mol. The monoisotopic (exact) mass is 290 g/mol. The van der Waals surface area contributed by atoms with Gasteiger partial charge >= 0.3 is 5.97 Å². The summed E-state index contributed by atoms with van der Waals surface area (Å²) in [5, 5.41) is 2.88. The third-order valence-electron chi connectivity index (χ3n) is 3.94. The fraction of sp³-hybridized carbons (Fsp3) is 0.500. The molecule has 5 nitrogen and oxygen atoms in total. The minimum absolute atomic E-state index is 0.0102. The molecule has 21 heavy (non-hydrogen) atoms. The zero-order valence-corrected chi connectivity index (χ0v) is 12.3. The molecule has 0 bridgehead atoms. The molecule has 5 heteroatoms. The van der Waals surface area contributed by atoms with Gasteiger partial charge in [-0.1, -0.05) is 12.5 Å². The van der Waals surface area contributed by atoms with Gasteiger partial charge in [0.15, 0.2) is 0 Å². The molecule has 1 fully saturated rings. The highest BCUT2D eigenvalue weighted by Gasteiger charge is 2.31. The number of rotatable bonds is 5. The minimum Gasteiger partial charge on any atom is -0.462 e. The number of nitrogens with two attached hydrogens (primary N) is 1. The van der Waals surface area contributed by atoms with Crippen molar-refractivity contribution in [3.63, 3.8) is 0 Å². The molecule has 2 unspecified atom stereocenters. The Hall–Kier alpha value is -1.88. The van der Waals surface area contributed by atoms with Crippen LogP contribution in [0.15, 0.2) is 24.3 Å². The quantitative estimate of drug-likeness (QED) is 0.814. The van der Waals surface area contributed by atoms with Crippen LogP contribution >= 0.6 is 0 Å². The number of esters is 1. The highest BCUT2D eigenvalue weighted by Crippen LogP contribution is 2.31. The number of benzene rings is 1. The van der Waals surface area contributed by atoms with Crippen molar-refractivity contribution in [3.8, 4) is 0 Å². The molecule has 1 saturated carbocycles. The smallest absolute Gasteiger partial charge is 0.338 e. The van der Waals surface area contributed by atoms with Crippen molar-refractivity contribution in [2.75, 3.05) is 18.5 Å². The van der Waals surface area contributed by atoms with Crippen LogP contribution in [0.5, 0.6) is 0 Å². The summed E-state index contributed by atoms with van der Waals surface area (Å²) < 4.78 is 4.95. The molecule has 0 saturated heterocycles. The van der Waals surface area contributed by atoms with Crippen LogP contribution in [-0.2, 0) is 9.53 Å². The summed E-state index contributed by atoms with van der Waals surface area (Å²) in [5.74, 6) is -0.155. The molecule has 0 aliphatic heterocycles. The Morgan fingerprint density at radius 1 is 1.38 bits per heavy atom. The first-order valence-corrected chi connectivity index (χ1v) is 7.43. The molecule has 1 aromatic rings. The van der Waals surface area contributed by atoms with Crippen LogP contribution in [0.3, 0.4) is 0 Å². The Morgan fingerprint density at radius 2 is 2.19 bits per heavy atom. The van der Waals surface area contributed by atoms with Crippen LogP contribution in [-0.4, -0.2) is 25.0 Å². The first kappa shape index (κ1) is 15.5. The van der Waals surface area contributed by atoms with Crippen LogP contribution in [0.25, 0.3) is 0 Å². The van der Waals surface area contributed by atoms with E-state index in [4.69, 9.17) is 10.5 Å². The maximum Gasteiger partial charge on any atom is 0.338 e. The van der Waals surface area contributed by atoms with Gasteiger partial charge in [-0.3, -0.25) is 4.79 Å². The second-order valence-corrected chi connectivity index (χ2v) is 5.32. The summed E-state index contributed by atoms with van der Waals surface area (Å²) in [5.41, 5.74) is 6.77. The molecule has 0 radical (unpaired) electrons. The Balaban J connectivity index is 2.04. The van der Waals surface area contributed by atoms with E-state index in [-0.39, 0.29) is 23.7 Å². The molecule has 0 heterocycles. The Bertz CT molecular complexity index is 516. The Kier molecular flexibility index (Phi) is 5.33. The van der Waals surface area contributed by atoms with Crippen LogP contribution < -0.4 is 11.1 Å². The van der Waals surface area contributed by atoms with Gasteiger partial charge in [0.1, 0.15) is 0 Å². The lowest BCUT2D eigenvalue weighted by Gasteiger charge is -2.17. The van der Waals surface area contributed by atoms with E-state index in [2.05, 4.69) is 5.32 Å². The van der Waals surface area contributed by atoms with Crippen LogP contribution in [0.1, 0.15) is 36.5 Å². The summed E-state index contributed by atoms with van der Waals surface area (Å²) >= 11 is 0. The number of carbonyl (C=O) groups is 2. The summed E-state index contributed by atoms with van der Waals surface area (Å²) in [6.07, 6.45) is 2.94. The molecule has 2 rings (SSSR count). The van der Waals surface area contributed by atoms with Crippen molar-refractivity contribution in [2.45, 2.75) is 26.2 Å². The lowest BCUT2D eigenvalue weighted by atomic mass is 9.95. The van der Waals surface area contributed by atoms with Gasteiger partial charge in [0.25, 0.3) is 0 Å². The molecule has 0 aromatic heterocycles. The second kappa shape index (κ2) is 7.22. The van der Waals surface area contributed by atoms with Crippen LogP contribution in [0.4, 0.5) is 5.69 Å². The zero-order chi connectivity index (χ0) is 15.2. The standard InChI is InChI=1S/C16H22N2O3/c1-2-21-16(20)11-5-3-7-13(9-11)18-15(19)14-8-4-6-12(14)10-17/h3,5,7,9,12,14H,2,4,6,8,10,17H2,1H3,(H,18,19). The maximum atomic E-state index is 12.3. The van der Waals surface area contributed by atoms with Gasteiger partial charge in [0.2, 0.25) is 5.91 Å². The van der Waals surface area contributed by atoms with E-state index < -0.39 is 0 Å². The average molecular weight is 290 g/mol. The molecule has 3 N–H and O–H groups in total. The van der Waals surface area contributed by atoms with Gasteiger partial charge in [0.05, 0.1) is 12.2 Å². The van der Waals surface area contributed by atoms with Crippen molar-refractivity contribution in [1.82, 2.24) is 0 Å². The first-order valence-electron chi connectivity index (χ1n) is 7.43. The van der Waals surface area contributed by atoms with Gasteiger partial charge in [-0.05, 0) is 50.4 Å². The van der Waals surface area contributed by atoms with E-state index in [1.807, 2.05) is 0 Å². The molecule has 1 aliphatic rings. The molecule has 1 aliphatic carbocycles. The van der Waals surface area contributed by atoms with E-state index in [0.29, 0.717) is 24.4 Å². The number of ether oxygens (including phenoxy) is 1. The average Bonchev–Trinajstić information content (AvgIpc) is 2.96. The topological polar surface area (TPSA) is 81.4 Å². The van der Waals surface area contributed by atoms with Gasteiger partial charge < -0.3 is 15.8 Å². The number of anilines is 1. The van der Waals surface area contributed by atoms with Gasteiger partial charge in [-0.15, -0.1) is 0 Å². The summed E-state index contributed by atoms with van der Waals surface area (Å²) in [7, 11) is 0. The van der Waals surface area contributed by atoms with Gasteiger partial charge in [0, 0.05) is 11.6 Å². The highest BCUT2D eigenvalue weighted by atomic mass is 16.5. The second-order valence-electron chi connectivity index (χ2n) is 5.32. The predicted molar refractivity (Wildman–Crippen MR) is 80.9 cm³/mol. The molecular formula is C16H22N2O3. The van der Waals surface area contributed by atoms with Crippen molar-refractivity contribution in [1.29, 1.82) is 0 Å². The van der Waals surface area contributed by atoms with E-state index >= 15 is 0 Å². The summed E-state index contributed by atoms with van der Waals surface area (Å²) in [6, 6.07) is 6.82. The number of nitrogens with one attached hydrogen (secondary N) is 1. The van der Waals surface area contributed by atoms with E-state index in [9.17, 15) is 9.59 Å². The molecule has 1 amide bonds. The Labute approximate surface area is 124 Å². The van der Waals surface area contributed by atoms with E-state index in [0.717, 1.165) is 19.3 Å². The summed E-state index contributed by atoms with van der Waals surface area (Å²) in [4.78, 5) is 24.0. The fourth-order valence-electron chi connectivity index (χ4n) is 2.84. The predicted octanol–water partition coefficient (Wildman–Crippen LogP) is 2.18. The number of amides is 1. The molecule has 1 aromatic carbocycles. The first-order chi connectivity index (χ1) is 10.2. The van der Waals surface area contributed by atoms with E-state index in [1.165, 1.54) is 0 Å². The number of hydrogen-bond acceptors (Lipinski definition) is 4. The molecule has 0 spiro atoms. The van der Waals surface area contributed by atoms with Gasteiger partial charge in [-0.25, -0.2) is 4.79 Å².